The van der Waals surface area contributed by atoms with Gasteiger partial charge >= 0.3 is 0 Å². The van der Waals surface area contributed by atoms with Gasteiger partial charge < -0.3 is 9.53 Å². The predicted molar refractivity (Wildman–Crippen MR) is 29.6 cm³/mol. The van der Waals surface area contributed by atoms with Crippen LogP contribution in [0.15, 0.2) is 0 Å². The number of epoxide rings is 1. The van der Waals surface area contributed by atoms with Crippen molar-refractivity contribution in [2.75, 3.05) is 0 Å². The highest BCUT2D eigenvalue weighted by molar-refractivity contribution is 5.60. The molecule has 2 heteroatoms. The molecule has 0 spiro atoms. The van der Waals surface area contributed by atoms with E-state index in [4.69, 9.17) is 4.74 Å². The number of carbonyl (C=O) groups excluding carboxylic acids is 1. The van der Waals surface area contributed by atoms with E-state index < -0.39 is 0 Å². The minimum Gasteiger partial charge on any atom is -0.361 e. The molecule has 0 saturated carbocycles. The lowest BCUT2D eigenvalue weighted by molar-refractivity contribution is -0.108. The summed E-state index contributed by atoms with van der Waals surface area (Å²) in [4.78, 5) is 9.96. The summed E-state index contributed by atoms with van der Waals surface area (Å²) >= 11 is 0. The van der Waals surface area contributed by atoms with Crippen molar-refractivity contribution in [3.8, 4) is 0 Å². The lowest BCUT2D eigenvalue weighted by atomic mass is 10.1. The topological polar surface area (TPSA) is 29.6 Å². The van der Waals surface area contributed by atoms with Crippen molar-refractivity contribution >= 4 is 6.29 Å². The van der Waals surface area contributed by atoms with Crippen molar-refractivity contribution in [3.05, 3.63) is 0 Å². The van der Waals surface area contributed by atoms with Crippen LogP contribution in [0.3, 0.4) is 0 Å². The molecule has 2 nitrogen and oxygen atoms in total. The zero-order chi connectivity index (χ0) is 6.15. The first-order valence-electron chi connectivity index (χ1n) is 2.86. The third kappa shape index (κ3) is 0.892. The average Bonchev–Trinajstić information content (AvgIpc) is 2.42. The van der Waals surface area contributed by atoms with Crippen molar-refractivity contribution in [3.63, 3.8) is 0 Å². The average molecular weight is 114 g/mol. The van der Waals surface area contributed by atoms with Crippen molar-refractivity contribution in [1.82, 2.24) is 0 Å². The first kappa shape index (κ1) is 5.76. The molecule has 1 saturated heterocycles. The summed E-state index contributed by atoms with van der Waals surface area (Å²) < 4.78 is 4.96. The van der Waals surface area contributed by atoms with Gasteiger partial charge in [-0.3, -0.25) is 0 Å². The minimum absolute atomic E-state index is 0.0880. The van der Waals surface area contributed by atoms with Gasteiger partial charge in [-0.15, -0.1) is 0 Å². The molecule has 1 aliphatic heterocycles. The molecule has 0 amide bonds. The highest BCUT2D eigenvalue weighted by Crippen LogP contribution is 2.26. The van der Waals surface area contributed by atoms with E-state index in [1.165, 1.54) is 0 Å². The third-order valence-electron chi connectivity index (χ3n) is 1.35. The Morgan fingerprint density at radius 1 is 1.62 bits per heavy atom. The maximum Gasteiger partial charge on any atom is 0.151 e. The van der Waals surface area contributed by atoms with E-state index in [0.29, 0.717) is 5.92 Å². The zero-order valence-corrected chi connectivity index (χ0v) is 5.13. The lowest BCUT2D eigenvalue weighted by Gasteiger charge is -1.92. The second kappa shape index (κ2) is 1.86. The van der Waals surface area contributed by atoms with Gasteiger partial charge in [-0.25, -0.2) is 0 Å². The summed E-state index contributed by atoms with van der Waals surface area (Å²) in [6.45, 7) is 4.10. The fourth-order valence-corrected chi connectivity index (χ4v) is 0.782. The molecule has 0 N–H and O–H groups in total. The Hall–Kier alpha value is -0.370. The largest absolute Gasteiger partial charge is 0.361 e. The number of ether oxygens (including phenoxy) is 1. The Bertz CT molecular complexity index is 98.7. The molecule has 8 heavy (non-hydrogen) atoms. The van der Waals surface area contributed by atoms with Crippen LogP contribution >= 0.6 is 0 Å². The maximum atomic E-state index is 9.96. The van der Waals surface area contributed by atoms with Gasteiger partial charge in [-0.1, -0.05) is 13.8 Å². The molecule has 1 aliphatic rings. The number of rotatable bonds is 2. The fraction of sp³-hybridized carbons (Fsp3) is 0.833. The highest BCUT2D eigenvalue weighted by atomic mass is 16.6. The molecule has 1 rings (SSSR count). The summed E-state index contributed by atoms with van der Waals surface area (Å²) in [5.74, 6) is 0.491. The van der Waals surface area contributed by atoms with Crippen molar-refractivity contribution in [2.24, 2.45) is 5.92 Å². The number of hydrogen-bond acceptors (Lipinski definition) is 2. The molecular formula is C6H10O2. The van der Waals surface area contributed by atoms with E-state index in [2.05, 4.69) is 0 Å². The summed E-state index contributed by atoms with van der Waals surface area (Å²) in [6.07, 6.45) is 0.993. The normalized spacial score (nSPS) is 35.4. The molecule has 2 atom stereocenters. The first-order chi connectivity index (χ1) is 3.75. The summed E-state index contributed by atoms with van der Waals surface area (Å²) in [5, 5.41) is 0. The van der Waals surface area contributed by atoms with Crippen LogP contribution in [-0.4, -0.2) is 18.5 Å². The third-order valence-corrected chi connectivity index (χ3v) is 1.35. The molecule has 0 unspecified atom stereocenters. The van der Waals surface area contributed by atoms with Gasteiger partial charge in [-0.2, -0.15) is 0 Å². The van der Waals surface area contributed by atoms with Gasteiger partial charge in [-0.05, 0) is 5.92 Å². The van der Waals surface area contributed by atoms with Crippen LogP contribution in [0.1, 0.15) is 13.8 Å². The monoisotopic (exact) mass is 114 g/mol. The van der Waals surface area contributed by atoms with Gasteiger partial charge in [0.05, 0.1) is 6.10 Å². The van der Waals surface area contributed by atoms with E-state index in [1.807, 2.05) is 13.8 Å². The lowest BCUT2D eigenvalue weighted by Crippen LogP contribution is -2.02. The molecule has 0 bridgehead atoms. The maximum absolute atomic E-state index is 9.96. The van der Waals surface area contributed by atoms with Crippen LogP contribution in [-0.2, 0) is 9.53 Å². The Kier molecular flexibility index (Phi) is 1.34. The van der Waals surface area contributed by atoms with Crippen LogP contribution in [0.25, 0.3) is 0 Å². The van der Waals surface area contributed by atoms with Crippen LogP contribution in [0.2, 0.25) is 0 Å². The van der Waals surface area contributed by atoms with Gasteiger partial charge in [0.25, 0.3) is 0 Å². The van der Waals surface area contributed by atoms with E-state index in [0.717, 1.165) is 6.29 Å². The molecule has 0 aromatic rings. The Morgan fingerprint density at radius 2 is 2.25 bits per heavy atom. The zero-order valence-electron chi connectivity index (χ0n) is 5.13. The summed E-state index contributed by atoms with van der Waals surface area (Å²) in [7, 11) is 0. The van der Waals surface area contributed by atoms with Crippen molar-refractivity contribution < 1.29 is 9.53 Å². The van der Waals surface area contributed by atoms with Gasteiger partial charge in [0.15, 0.2) is 6.29 Å². The van der Waals surface area contributed by atoms with Crippen LogP contribution in [0.5, 0.6) is 0 Å². The standard InChI is InChI=1S/C6H10O2/c1-4(2)6-5(3-7)8-6/h3-6H,1-2H3/t5-,6-/m0/s1. The molecule has 46 valence electrons. The summed E-state index contributed by atoms with van der Waals surface area (Å²) in [6, 6.07) is 0. The fourth-order valence-electron chi connectivity index (χ4n) is 0.782. The molecular weight excluding hydrogens is 104 g/mol. The number of aldehydes is 1. The Balaban J connectivity index is 2.26. The molecule has 0 aromatic heterocycles. The van der Waals surface area contributed by atoms with E-state index in [1.54, 1.807) is 0 Å². The SMILES string of the molecule is CC(C)[C@@H]1O[C@H]1C=O. The molecule has 1 fully saturated rings. The minimum atomic E-state index is -0.0880. The van der Waals surface area contributed by atoms with Gasteiger partial charge in [0.2, 0.25) is 0 Å². The van der Waals surface area contributed by atoms with Crippen molar-refractivity contribution in [2.45, 2.75) is 26.1 Å². The summed E-state index contributed by atoms with van der Waals surface area (Å²) in [5.41, 5.74) is 0. The van der Waals surface area contributed by atoms with Crippen molar-refractivity contribution in [1.29, 1.82) is 0 Å². The van der Waals surface area contributed by atoms with E-state index in [9.17, 15) is 4.79 Å². The smallest absolute Gasteiger partial charge is 0.151 e. The Labute approximate surface area is 48.8 Å². The van der Waals surface area contributed by atoms with E-state index in [-0.39, 0.29) is 12.2 Å². The predicted octanol–water partition coefficient (Wildman–Crippen LogP) is 0.609. The van der Waals surface area contributed by atoms with Gasteiger partial charge in [0.1, 0.15) is 6.10 Å². The van der Waals surface area contributed by atoms with E-state index >= 15 is 0 Å². The molecule has 0 aliphatic carbocycles. The van der Waals surface area contributed by atoms with Crippen LogP contribution < -0.4 is 0 Å². The van der Waals surface area contributed by atoms with Crippen LogP contribution in [0.4, 0.5) is 0 Å². The quantitative estimate of drug-likeness (QED) is 0.389. The van der Waals surface area contributed by atoms with Crippen LogP contribution in [0, 0.1) is 5.92 Å². The molecule has 0 aromatic carbocycles. The van der Waals surface area contributed by atoms with Gasteiger partial charge in [0, 0.05) is 0 Å². The second-order valence-corrected chi connectivity index (χ2v) is 2.45. The molecule has 0 radical (unpaired) electrons. The second-order valence-electron chi connectivity index (χ2n) is 2.45. The highest BCUT2D eigenvalue weighted by Gasteiger charge is 2.40. The number of hydrogen-bond donors (Lipinski definition) is 0. The molecule has 1 heterocycles. The first-order valence-corrected chi connectivity index (χ1v) is 2.86. The Morgan fingerprint density at radius 3 is 2.38 bits per heavy atom. The number of carbonyl (C=O) groups is 1.